The summed E-state index contributed by atoms with van der Waals surface area (Å²) in [5.41, 5.74) is 2.03. The van der Waals surface area contributed by atoms with Gasteiger partial charge >= 0.3 is 6.18 Å². The van der Waals surface area contributed by atoms with E-state index in [1.165, 1.54) is 17.7 Å². The molecule has 2 aliphatic heterocycles. The van der Waals surface area contributed by atoms with Crippen molar-refractivity contribution in [2.45, 2.75) is 76.0 Å². The van der Waals surface area contributed by atoms with Crippen LogP contribution in [0.1, 0.15) is 57.1 Å². The number of amides is 1. The van der Waals surface area contributed by atoms with Crippen molar-refractivity contribution in [2.75, 3.05) is 55.8 Å². The van der Waals surface area contributed by atoms with Crippen LogP contribution >= 0.6 is 11.6 Å². The molecule has 0 radical (unpaired) electrons. The number of carbonyl (C=O) groups excluding carboxylic acids is 1. The second kappa shape index (κ2) is 13.5. The highest BCUT2D eigenvalue weighted by molar-refractivity contribution is 6.30. The lowest BCUT2D eigenvalue weighted by Gasteiger charge is -2.40. The smallest absolute Gasteiger partial charge is 0.369 e. The van der Waals surface area contributed by atoms with Crippen molar-refractivity contribution >= 4 is 40.6 Å². The van der Waals surface area contributed by atoms with Crippen molar-refractivity contribution in [1.29, 1.82) is 0 Å². The number of aryl methyl sites for hydroxylation is 1. The fourth-order valence-corrected chi connectivity index (χ4v) is 6.05. The molecule has 2 N–H and O–H groups in total. The Kier molecular flexibility index (Phi) is 10.2. The average Bonchev–Trinajstić information content (AvgIpc) is 3.13. The molecule has 3 atom stereocenters. The van der Waals surface area contributed by atoms with Gasteiger partial charge in [0, 0.05) is 62.9 Å². The second-order valence-corrected chi connectivity index (χ2v) is 11.6. The van der Waals surface area contributed by atoms with E-state index >= 15 is 0 Å². The zero-order valence-electron chi connectivity index (χ0n) is 24.3. The number of aromatic nitrogens is 2. The van der Waals surface area contributed by atoms with E-state index < -0.39 is 17.1 Å². The number of alkyl halides is 4. The van der Waals surface area contributed by atoms with E-state index in [1.54, 1.807) is 7.05 Å². The van der Waals surface area contributed by atoms with Gasteiger partial charge < -0.3 is 20.4 Å². The Morgan fingerprint density at radius 2 is 1.93 bits per heavy atom. The molecule has 1 aromatic carbocycles. The minimum absolute atomic E-state index is 0.0810. The van der Waals surface area contributed by atoms with Crippen LogP contribution in [0.2, 0.25) is 0 Å². The van der Waals surface area contributed by atoms with E-state index in [0.717, 1.165) is 49.1 Å². The maximum absolute atomic E-state index is 13.7. The third kappa shape index (κ3) is 7.54. The van der Waals surface area contributed by atoms with Gasteiger partial charge in [-0.15, -0.1) is 11.6 Å². The molecule has 1 amide bonds. The van der Waals surface area contributed by atoms with Crippen LogP contribution < -0.4 is 15.5 Å². The van der Waals surface area contributed by atoms with Crippen LogP contribution in [-0.4, -0.2) is 83.4 Å². The monoisotopic (exact) mass is 595 g/mol. The molecule has 2 saturated heterocycles. The zero-order valence-corrected chi connectivity index (χ0v) is 25.0. The van der Waals surface area contributed by atoms with Crippen LogP contribution in [0.4, 0.5) is 36.3 Å². The van der Waals surface area contributed by atoms with Crippen LogP contribution in [0.5, 0.6) is 0 Å². The number of carbonyl (C=O) groups is 1. The summed E-state index contributed by atoms with van der Waals surface area (Å²) >= 11 is 6.12. The molecule has 2 aliphatic rings. The Morgan fingerprint density at radius 1 is 1.22 bits per heavy atom. The maximum Gasteiger partial charge on any atom is 0.421 e. The third-order valence-electron chi connectivity index (χ3n) is 8.17. The van der Waals surface area contributed by atoms with E-state index in [4.69, 9.17) is 11.6 Å². The van der Waals surface area contributed by atoms with E-state index in [1.807, 2.05) is 13.0 Å². The number of hydrogen-bond acceptors (Lipinski definition) is 7. The highest BCUT2D eigenvalue weighted by Crippen LogP contribution is 2.36. The van der Waals surface area contributed by atoms with E-state index in [0.29, 0.717) is 31.5 Å². The van der Waals surface area contributed by atoms with E-state index in [9.17, 15) is 18.0 Å². The summed E-state index contributed by atoms with van der Waals surface area (Å²) in [5, 5.41) is 5.34. The lowest BCUT2D eigenvalue weighted by Crippen LogP contribution is -2.52. The van der Waals surface area contributed by atoms with Gasteiger partial charge in [0.1, 0.15) is 16.8 Å². The molecule has 4 rings (SSSR count). The minimum atomic E-state index is -4.61. The second-order valence-electron chi connectivity index (χ2n) is 11.0. The summed E-state index contributed by atoms with van der Waals surface area (Å²) in [6.07, 6.45) is 1.18. The number of hydrogen-bond donors (Lipinski definition) is 2. The van der Waals surface area contributed by atoms with Crippen LogP contribution in [0.25, 0.3) is 0 Å². The quantitative estimate of drug-likeness (QED) is 0.239. The summed E-state index contributed by atoms with van der Waals surface area (Å²) in [5.74, 6) is -0.402. The van der Waals surface area contributed by atoms with Crippen molar-refractivity contribution in [3.8, 4) is 0 Å². The molecule has 2 bridgehead atoms. The molecule has 41 heavy (non-hydrogen) atoms. The Labute approximate surface area is 245 Å². The van der Waals surface area contributed by atoms with Gasteiger partial charge in [-0.3, -0.25) is 9.69 Å². The van der Waals surface area contributed by atoms with Gasteiger partial charge in [0.15, 0.2) is 0 Å². The van der Waals surface area contributed by atoms with Gasteiger partial charge in [-0.2, -0.15) is 18.2 Å². The zero-order chi connectivity index (χ0) is 29.7. The predicted octanol–water partition coefficient (Wildman–Crippen LogP) is 5.75. The largest absolute Gasteiger partial charge is 0.421 e. The summed E-state index contributed by atoms with van der Waals surface area (Å²) in [6.45, 7) is 6.54. The molecule has 2 aromatic rings. The number of benzene rings is 1. The van der Waals surface area contributed by atoms with Crippen LogP contribution in [0, 0.1) is 0 Å². The lowest BCUT2D eigenvalue weighted by atomic mass is 10.1. The van der Waals surface area contributed by atoms with Crippen molar-refractivity contribution in [3.05, 3.63) is 35.5 Å². The molecule has 0 saturated carbocycles. The first-order chi connectivity index (χ1) is 19.5. The summed E-state index contributed by atoms with van der Waals surface area (Å²) < 4.78 is 41.2. The Hall–Kier alpha value is -2.79. The molecule has 2 fully saturated rings. The van der Waals surface area contributed by atoms with Gasteiger partial charge in [-0.05, 0) is 62.9 Å². The van der Waals surface area contributed by atoms with Crippen LogP contribution in [-0.2, 0) is 17.4 Å². The Morgan fingerprint density at radius 3 is 2.56 bits per heavy atom. The van der Waals surface area contributed by atoms with Gasteiger partial charge in [-0.25, -0.2) is 4.98 Å². The van der Waals surface area contributed by atoms with E-state index in [2.05, 4.69) is 56.5 Å². The van der Waals surface area contributed by atoms with Gasteiger partial charge in [0.2, 0.25) is 11.9 Å². The topological polar surface area (TPSA) is 76.6 Å². The predicted molar refractivity (Wildman–Crippen MR) is 158 cm³/mol. The number of likely N-dealkylation sites (N-methyl/N-ethyl adjacent to an activating group) is 1. The summed E-state index contributed by atoms with van der Waals surface area (Å²) in [6, 6.07) is 7.31. The highest BCUT2D eigenvalue weighted by atomic mass is 35.5. The minimum Gasteiger partial charge on any atom is -0.369 e. The van der Waals surface area contributed by atoms with Crippen LogP contribution in [0.3, 0.4) is 0 Å². The van der Waals surface area contributed by atoms with Gasteiger partial charge in [-0.1, -0.05) is 20.3 Å². The van der Waals surface area contributed by atoms with Crippen molar-refractivity contribution in [3.63, 3.8) is 0 Å². The van der Waals surface area contributed by atoms with Crippen molar-refractivity contribution in [1.82, 2.24) is 19.8 Å². The molecule has 1 unspecified atom stereocenters. The first kappa shape index (κ1) is 31.2. The first-order valence-corrected chi connectivity index (χ1v) is 14.9. The molecule has 226 valence electrons. The molecule has 3 heterocycles. The van der Waals surface area contributed by atoms with Crippen molar-refractivity contribution < 1.29 is 18.0 Å². The highest BCUT2D eigenvalue weighted by Gasteiger charge is 2.38. The number of nitrogens with zero attached hydrogens (tertiary/aromatic N) is 5. The number of nitrogens with one attached hydrogen (secondary N) is 2. The third-order valence-corrected chi connectivity index (χ3v) is 8.58. The van der Waals surface area contributed by atoms with Gasteiger partial charge in [0.25, 0.3) is 0 Å². The summed E-state index contributed by atoms with van der Waals surface area (Å²) in [7, 11) is 3.85. The molecule has 0 aliphatic carbocycles. The molecule has 12 heteroatoms. The van der Waals surface area contributed by atoms with Gasteiger partial charge in [0.05, 0.1) is 0 Å². The first-order valence-electron chi connectivity index (χ1n) is 14.5. The maximum atomic E-state index is 13.7. The number of fused-ring (bicyclic) bond motifs is 2. The Bertz CT molecular complexity index is 1180. The summed E-state index contributed by atoms with van der Waals surface area (Å²) in [4.78, 5) is 26.9. The van der Waals surface area contributed by atoms with E-state index in [-0.39, 0.29) is 24.2 Å². The molecular formula is C29H41ClF3N7O. The number of anilines is 4. The standard InChI is InChI=1S/C29H41ClF3N7O/c1-5-8-24(30)27(41)38(3)14-7-13-34-26-23(29(31,32)33)16-35-28(37-26)36-25-12-11-20(15-19(25)6-2)40-17-21-9-10-22(18-40)39(21)4/h11-12,15-16,21-22,24H,5-10,13-14,17-18H2,1-4H3,(H2,34,35,36,37)/t21-,22+,24?. The van der Waals surface area contributed by atoms with Crippen molar-refractivity contribution in [2.24, 2.45) is 0 Å². The van der Waals surface area contributed by atoms with Crippen LogP contribution in [0.15, 0.2) is 24.4 Å². The normalized spacial score (nSPS) is 19.8. The molecular weight excluding hydrogens is 555 g/mol. The Balaban J connectivity index is 1.43. The number of rotatable bonds is 12. The lowest BCUT2D eigenvalue weighted by molar-refractivity contribution is -0.137. The SMILES string of the molecule is CCCC(Cl)C(=O)N(C)CCCNc1nc(Nc2ccc(N3C[C@H]4CC[C@@H](C3)N4C)cc2CC)ncc1C(F)(F)F. The fraction of sp³-hybridized carbons (Fsp3) is 0.621. The number of piperazine rings is 1. The molecule has 0 spiro atoms. The fourth-order valence-electron chi connectivity index (χ4n) is 5.67. The molecule has 8 nitrogen and oxygen atoms in total. The number of halogens is 4. The molecule has 1 aromatic heterocycles. The average molecular weight is 596 g/mol.